The Labute approximate surface area is 127 Å². The van der Waals surface area contributed by atoms with Crippen molar-refractivity contribution in [3.05, 3.63) is 0 Å². The number of hydrogen-bond donors (Lipinski definition) is 1. The van der Waals surface area contributed by atoms with Gasteiger partial charge in [-0.1, -0.05) is 20.8 Å². The molecule has 2 heterocycles. The summed E-state index contributed by atoms with van der Waals surface area (Å²) in [5.74, 6) is 0.0613. The van der Waals surface area contributed by atoms with Gasteiger partial charge in [-0.3, -0.25) is 9.59 Å². The molecule has 3 unspecified atom stereocenters. The summed E-state index contributed by atoms with van der Waals surface area (Å²) in [5.41, 5.74) is -1.19. The zero-order valence-corrected chi connectivity index (χ0v) is 13.9. The van der Waals surface area contributed by atoms with Crippen LogP contribution in [0.15, 0.2) is 0 Å². The molecule has 2 rings (SSSR count). The highest BCUT2D eigenvalue weighted by Crippen LogP contribution is 2.35. The topological polar surface area (TPSA) is 58.6 Å². The second kappa shape index (κ2) is 5.59. The van der Waals surface area contributed by atoms with E-state index in [-0.39, 0.29) is 17.7 Å². The largest absolute Gasteiger partial charge is 0.379 e. The molecule has 0 bridgehead atoms. The highest BCUT2D eigenvalue weighted by atomic mass is 16.5. The van der Waals surface area contributed by atoms with Crippen LogP contribution in [0.3, 0.4) is 0 Å². The molecule has 120 valence electrons. The number of ether oxygens (including phenoxy) is 1. The fourth-order valence-corrected chi connectivity index (χ4v) is 3.44. The Balaban J connectivity index is 2.43. The summed E-state index contributed by atoms with van der Waals surface area (Å²) in [5, 5.41) is 2.94. The highest BCUT2D eigenvalue weighted by Gasteiger charge is 2.54. The van der Waals surface area contributed by atoms with Gasteiger partial charge in [0.05, 0.1) is 12.1 Å². The molecule has 3 atom stereocenters. The number of piperazine rings is 1. The summed E-state index contributed by atoms with van der Waals surface area (Å²) < 4.78 is 5.63. The predicted octanol–water partition coefficient (Wildman–Crippen LogP) is 1.71. The lowest BCUT2D eigenvalue weighted by Crippen LogP contribution is -2.75. The molecule has 1 N–H and O–H groups in total. The van der Waals surface area contributed by atoms with E-state index in [0.717, 1.165) is 19.4 Å². The van der Waals surface area contributed by atoms with E-state index < -0.39 is 17.1 Å². The third-order valence-electron chi connectivity index (χ3n) is 4.97. The lowest BCUT2D eigenvalue weighted by molar-refractivity contribution is -0.170. The molecule has 2 aliphatic rings. The Morgan fingerprint density at radius 1 is 1.38 bits per heavy atom. The minimum atomic E-state index is -0.803. The van der Waals surface area contributed by atoms with Gasteiger partial charge in [0.1, 0.15) is 11.6 Å². The van der Waals surface area contributed by atoms with Crippen LogP contribution in [0.25, 0.3) is 0 Å². The Morgan fingerprint density at radius 2 is 2.05 bits per heavy atom. The van der Waals surface area contributed by atoms with Crippen molar-refractivity contribution in [2.24, 2.45) is 5.92 Å². The number of nitrogens with zero attached hydrogens (tertiary/aromatic N) is 1. The minimum absolute atomic E-state index is 0.0244. The van der Waals surface area contributed by atoms with E-state index in [4.69, 9.17) is 4.74 Å². The quantitative estimate of drug-likeness (QED) is 0.862. The average molecular weight is 296 g/mol. The molecule has 5 nitrogen and oxygen atoms in total. The fourth-order valence-electron chi connectivity index (χ4n) is 3.44. The van der Waals surface area contributed by atoms with Gasteiger partial charge >= 0.3 is 0 Å². The Kier molecular flexibility index (Phi) is 4.34. The van der Waals surface area contributed by atoms with Gasteiger partial charge in [0, 0.05) is 6.61 Å². The normalized spacial score (nSPS) is 37.8. The van der Waals surface area contributed by atoms with Crippen LogP contribution in [-0.4, -0.2) is 47.0 Å². The molecule has 0 aromatic heterocycles. The van der Waals surface area contributed by atoms with E-state index in [9.17, 15) is 9.59 Å². The zero-order chi connectivity index (χ0) is 15.8. The lowest BCUT2D eigenvalue weighted by Gasteiger charge is -2.54. The fraction of sp³-hybridized carbons (Fsp3) is 0.875. The first kappa shape index (κ1) is 16.3. The molecule has 0 aromatic rings. The van der Waals surface area contributed by atoms with Crippen LogP contribution in [0.1, 0.15) is 53.9 Å². The molecule has 0 saturated carbocycles. The summed E-state index contributed by atoms with van der Waals surface area (Å²) in [4.78, 5) is 27.5. The SMILES string of the molecule is CCC1(C)NC(=O)C(C(C)C)N(C2(C)CCCOC2)C1=O. The van der Waals surface area contributed by atoms with Crippen molar-refractivity contribution in [2.75, 3.05) is 13.2 Å². The number of rotatable bonds is 3. The first-order valence-electron chi connectivity index (χ1n) is 7.99. The molecule has 5 heteroatoms. The van der Waals surface area contributed by atoms with Gasteiger partial charge in [-0.25, -0.2) is 0 Å². The molecule has 21 heavy (non-hydrogen) atoms. The molecule has 2 amide bonds. The van der Waals surface area contributed by atoms with E-state index in [0.29, 0.717) is 13.0 Å². The molecule has 2 aliphatic heterocycles. The Bertz CT molecular complexity index is 429. The van der Waals surface area contributed by atoms with Gasteiger partial charge in [0.2, 0.25) is 11.8 Å². The second-order valence-corrected chi connectivity index (χ2v) is 7.19. The van der Waals surface area contributed by atoms with Crippen LogP contribution in [0.4, 0.5) is 0 Å². The van der Waals surface area contributed by atoms with Crippen LogP contribution in [-0.2, 0) is 14.3 Å². The van der Waals surface area contributed by atoms with E-state index in [2.05, 4.69) is 5.32 Å². The number of amides is 2. The van der Waals surface area contributed by atoms with Crippen LogP contribution in [0, 0.1) is 5.92 Å². The highest BCUT2D eigenvalue weighted by molar-refractivity contribution is 6.00. The molecule has 0 spiro atoms. The molecule has 0 aliphatic carbocycles. The maximum absolute atomic E-state index is 13.1. The van der Waals surface area contributed by atoms with E-state index in [1.807, 2.05) is 39.5 Å². The third kappa shape index (κ3) is 2.68. The maximum atomic E-state index is 13.1. The molecular formula is C16H28N2O3. The maximum Gasteiger partial charge on any atom is 0.249 e. The van der Waals surface area contributed by atoms with E-state index >= 15 is 0 Å². The van der Waals surface area contributed by atoms with Gasteiger partial charge in [-0.2, -0.15) is 0 Å². The van der Waals surface area contributed by atoms with Crippen molar-refractivity contribution >= 4 is 11.8 Å². The van der Waals surface area contributed by atoms with Crippen molar-refractivity contribution < 1.29 is 14.3 Å². The summed E-state index contributed by atoms with van der Waals surface area (Å²) in [6.07, 6.45) is 2.40. The van der Waals surface area contributed by atoms with Crippen molar-refractivity contribution in [3.63, 3.8) is 0 Å². The van der Waals surface area contributed by atoms with Gasteiger partial charge in [-0.15, -0.1) is 0 Å². The summed E-state index contributed by atoms with van der Waals surface area (Å²) in [6, 6.07) is -0.413. The Hall–Kier alpha value is -1.10. The molecular weight excluding hydrogens is 268 g/mol. The summed E-state index contributed by atoms with van der Waals surface area (Å²) >= 11 is 0. The number of nitrogens with one attached hydrogen (secondary N) is 1. The van der Waals surface area contributed by atoms with Crippen LogP contribution in [0.5, 0.6) is 0 Å². The van der Waals surface area contributed by atoms with Gasteiger partial charge in [-0.05, 0) is 39.0 Å². The molecule has 0 radical (unpaired) electrons. The van der Waals surface area contributed by atoms with Crippen LogP contribution < -0.4 is 5.32 Å². The van der Waals surface area contributed by atoms with E-state index in [1.54, 1.807) is 0 Å². The second-order valence-electron chi connectivity index (χ2n) is 7.19. The monoisotopic (exact) mass is 296 g/mol. The first-order chi connectivity index (χ1) is 9.75. The van der Waals surface area contributed by atoms with Crippen molar-refractivity contribution in [3.8, 4) is 0 Å². The van der Waals surface area contributed by atoms with Crippen molar-refractivity contribution in [2.45, 2.75) is 71.0 Å². The van der Waals surface area contributed by atoms with Crippen molar-refractivity contribution in [1.82, 2.24) is 10.2 Å². The number of carbonyl (C=O) groups excluding carboxylic acids is 2. The summed E-state index contributed by atoms with van der Waals surface area (Å²) in [6.45, 7) is 11.0. The standard InChI is InChI=1S/C16H28N2O3/c1-6-16(5)14(20)18(12(11(2)3)13(19)17-16)15(4)8-7-9-21-10-15/h11-12H,6-10H2,1-5H3,(H,17,19). The van der Waals surface area contributed by atoms with Gasteiger partial charge in [0.15, 0.2) is 0 Å². The molecule has 0 aromatic carbocycles. The summed E-state index contributed by atoms with van der Waals surface area (Å²) in [7, 11) is 0. The molecule has 2 fully saturated rings. The molecule has 2 saturated heterocycles. The Morgan fingerprint density at radius 3 is 2.52 bits per heavy atom. The predicted molar refractivity (Wildman–Crippen MR) is 80.8 cm³/mol. The number of hydrogen-bond acceptors (Lipinski definition) is 3. The van der Waals surface area contributed by atoms with E-state index in [1.165, 1.54) is 0 Å². The first-order valence-corrected chi connectivity index (χ1v) is 7.99. The van der Waals surface area contributed by atoms with Crippen molar-refractivity contribution in [1.29, 1.82) is 0 Å². The van der Waals surface area contributed by atoms with Gasteiger partial charge in [0.25, 0.3) is 0 Å². The van der Waals surface area contributed by atoms with Gasteiger partial charge < -0.3 is 15.0 Å². The van der Waals surface area contributed by atoms with Crippen LogP contribution >= 0.6 is 0 Å². The lowest BCUT2D eigenvalue weighted by atomic mass is 9.81. The third-order valence-corrected chi connectivity index (χ3v) is 4.97. The van der Waals surface area contributed by atoms with Crippen LogP contribution in [0.2, 0.25) is 0 Å². The average Bonchev–Trinajstić information content (AvgIpc) is 2.42. The minimum Gasteiger partial charge on any atom is -0.379 e. The smallest absolute Gasteiger partial charge is 0.249 e. The number of carbonyl (C=O) groups is 2. The zero-order valence-electron chi connectivity index (χ0n) is 13.9.